The normalized spacial score (nSPS) is 15.1. The van der Waals surface area contributed by atoms with E-state index in [0.29, 0.717) is 5.56 Å². The Hall–Kier alpha value is -1.61. The van der Waals surface area contributed by atoms with E-state index in [1.54, 1.807) is 37.3 Å². The molecule has 15 heavy (non-hydrogen) atoms. The summed E-state index contributed by atoms with van der Waals surface area (Å²) in [5, 5.41) is 18.7. The number of hydrogen-bond acceptors (Lipinski definition) is 2. The van der Waals surface area contributed by atoms with Crippen LogP contribution in [0.4, 0.5) is 0 Å². The van der Waals surface area contributed by atoms with Gasteiger partial charge in [0, 0.05) is 0 Å². The molecule has 0 saturated heterocycles. The zero-order chi connectivity index (χ0) is 11.3. The molecule has 0 aliphatic carbocycles. The maximum absolute atomic E-state index is 11.0. The third-order valence-corrected chi connectivity index (χ3v) is 2.16. The molecule has 0 spiro atoms. The van der Waals surface area contributed by atoms with Crippen LogP contribution < -0.4 is 0 Å². The summed E-state index contributed by atoms with van der Waals surface area (Å²) >= 11 is 0. The van der Waals surface area contributed by atoms with Crippen LogP contribution in [0, 0.1) is 0 Å². The van der Waals surface area contributed by atoms with Gasteiger partial charge in [-0.2, -0.15) is 0 Å². The summed E-state index contributed by atoms with van der Waals surface area (Å²) in [6, 6.07) is 8.72. The highest BCUT2D eigenvalue weighted by molar-refractivity contribution is 5.77. The number of carboxylic acid groups (broad SMARTS) is 1. The minimum atomic E-state index is -1.02. The summed E-state index contributed by atoms with van der Waals surface area (Å²) in [7, 11) is 0. The summed E-state index contributed by atoms with van der Waals surface area (Å²) in [5.74, 6) is -1.92. The number of aliphatic carboxylic acids is 1. The third kappa shape index (κ3) is 2.92. The van der Waals surface area contributed by atoms with Gasteiger partial charge >= 0.3 is 5.97 Å². The highest BCUT2D eigenvalue weighted by Gasteiger charge is 2.25. The van der Waals surface area contributed by atoms with Crippen molar-refractivity contribution in [2.45, 2.75) is 18.9 Å². The van der Waals surface area contributed by atoms with E-state index in [2.05, 4.69) is 0 Å². The van der Waals surface area contributed by atoms with E-state index in [9.17, 15) is 9.90 Å². The number of aliphatic hydroxyl groups is 1. The second-order valence-electron chi connectivity index (χ2n) is 3.24. The van der Waals surface area contributed by atoms with Gasteiger partial charge in [0.15, 0.2) is 0 Å². The lowest BCUT2D eigenvalue weighted by molar-refractivity contribution is -0.140. The summed E-state index contributed by atoms with van der Waals surface area (Å²) in [6.07, 6.45) is 2.13. The molecule has 0 heterocycles. The zero-order valence-electron chi connectivity index (χ0n) is 8.50. The number of benzene rings is 1. The first-order valence-corrected chi connectivity index (χ1v) is 4.75. The number of carbonyl (C=O) groups is 1. The Labute approximate surface area is 88.7 Å². The minimum Gasteiger partial charge on any atom is -0.481 e. The molecule has 2 atom stereocenters. The summed E-state index contributed by atoms with van der Waals surface area (Å²) < 4.78 is 0. The number of aliphatic hydroxyl groups excluding tert-OH is 1. The first-order chi connectivity index (χ1) is 7.16. The van der Waals surface area contributed by atoms with E-state index in [1.165, 1.54) is 6.08 Å². The molecule has 0 saturated carbocycles. The molecule has 1 aromatic carbocycles. The quantitative estimate of drug-likeness (QED) is 0.738. The van der Waals surface area contributed by atoms with Crippen molar-refractivity contribution in [3.8, 4) is 0 Å². The topological polar surface area (TPSA) is 57.5 Å². The van der Waals surface area contributed by atoms with E-state index in [-0.39, 0.29) is 0 Å². The molecule has 0 radical (unpaired) electrons. The van der Waals surface area contributed by atoms with Crippen LogP contribution in [0.1, 0.15) is 18.4 Å². The van der Waals surface area contributed by atoms with Crippen LogP contribution in [0.3, 0.4) is 0 Å². The van der Waals surface area contributed by atoms with Crippen molar-refractivity contribution < 1.29 is 15.0 Å². The number of rotatable bonds is 4. The van der Waals surface area contributed by atoms with Crippen molar-refractivity contribution in [3.05, 3.63) is 48.0 Å². The van der Waals surface area contributed by atoms with E-state index in [0.717, 1.165) is 0 Å². The highest BCUT2D eigenvalue weighted by Crippen LogP contribution is 2.20. The predicted octanol–water partition coefficient (Wildman–Crippen LogP) is 1.79. The second kappa shape index (κ2) is 5.32. The van der Waals surface area contributed by atoms with E-state index in [1.807, 2.05) is 6.07 Å². The van der Waals surface area contributed by atoms with Crippen molar-refractivity contribution in [2.75, 3.05) is 0 Å². The van der Waals surface area contributed by atoms with Crippen LogP contribution in [0.15, 0.2) is 42.5 Å². The standard InChI is InChI=1S/C12H14O3/c1-2-6-10(13)11(12(14)15)9-7-4-3-5-8-9/h2-8,10-11,13H,1H3,(H,14,15)/b6-2+. The fraction of sp³-hybridized carbons (Fsp3) is 0.250. The van der Waals surface area contributed by atoms with Gasteiger partial charge in [0.1, 0.15) is 5.92 Å². The Morgan fingerprint density at radius 2 is 1.93 bits per heavy atom. The SMILES string of the molecule is C/C=C/C(O)C(C(=O)O)c1ccccc1. The predicted molar refractivity (Wildman–Crippen MR) is 57.6 cm³/mol. The van der Waals surface area contributed by atoms with Crippen LogP contribution in [-0.4, -0.2) is 22.3 Å². The van der Waals surface area contributed by atoms with Crippen LogP contribution in [-0.2, 0) is 4.79 Å². The number of carboxylic acids is 1. The Morgan fingerprint density at radius 1 is 1.33 bits per heavy atom. The van der Waals surface area contributed by atoms with Gasteiger partial charge in [-0.05, 0) is 12.5 Å². The lowest BCUT2D eigenvalue weighted by Crippen LogP contribution is -2.24. The zero-order valence-corrected chi connectivity index (χ0v) is 8.50. The van der Waals surface area contributed by atoms with Crippen molar-refractivity contribution in [1.82, 2.24) is 0 Å². The lowest BCUT2D eigenvalue weighted by Gasteiger charge is -2.16. The van der Waals surface area contributed by atoms with E-state index < -0.39 is 18.0 Å². The van der Waals surface area contributed by atoms with Gasteiger partial charge in [-0.1, -0.05) is 42.5 Å². The average molecular weight is 206 g/mol. The van der Waals surface area contributed by atoms with Crippen molar-refractivity contribution in [3.63, 3.8) is 0 Å². The maximum atomic E-state index is 11.0. The molecular formula is C12H14O3. The summed E-state index contributed by atoms with van der Waals surface area (Å²) in [6.45, 7) is 1.74. The highest BCUT2D eigenvalue weighted by atomic mass is 16.4. The Balaban J connectivity index is 2.98. The molecule has 0 aromatic heterocycles. The molecule has 2 N–H and O–H groups in total. The van der Waals surface area contributed by atoms with Crippen LogP contribution in [0.2, 0.25) is 0 Å². The van der Waals surface area contributed by atoms with E-state index in [4.69, 9.17) is 5.11 Å². The molecule has 3 nitrogen and oxygen atoms in total. The largest absolute Gasteiger partial charge is 0.481 e. The third-order valence-electron chi connectivity index (χ3n) is 2.16. The molecule has 0 bridgehead atoms. The Morgan fingerprint density at radius 3 is 2.40 bits per heavy atom. The van der Waals surface area contributed by atoms with Crippen LogP contribution in [0.25, 0.3) is 0 Å². The van der Waals surface area contributed by atoms with Gasteiger partial charge in [0.25, 0.3) is 0 Å². The average Bonchev–Trinajstić information content (AvgIpc) is 2.19. The molecule has 0 aliphatic heterocycles. The van der Waals surface area contributed by atoms with Crippen LogP contribution in [0.5, 0.6) is 0 Å². The summed E-state index contributed by atoms with van der Waals surface area (Å²) in [4.78, 5) is 11.0. The van der Waals surface area contributed by atoms with Gasteiger partial charge < -0.3 is 10.2 Å². The number of hydrogen-bond donors (Lipinski definition) is 2. The smallest absolute Gasteiger partial charge is 0.313 e. The van der Waals surface area contributed by atoms with Gasteiger partial charge in [0.2, 0.25) is 0 Å². The first-order valence-electron chi connectivity index (χ1n) is 4.75. The lowest BCUT2D eigenvalue weighted by atomic mass is 9.93. The maximum Gasteiger partial charge on any atom is 0.313 e. The molecule has 80 valence electrons. The van der Waals surface area contributed by atoms with Crippen molar-refractivity contribution in [2.24, 2.45) is 0 Å². The molecular weight excluding hydrogens is 192 g/mol. The van der Waals surface area contributed by atoms with Gasteiger partial charge in [-0.3, -0.25) is 4.79 Å². The molecule has 1 rings (SSSR count). The van der Waals surface area contributed by atoms with Gasteiger partial charge in [-0.25, -0.2) is 0 Å². The fourth-order valence-corrected chi connectivity index (χ4v) is 1.45. The monoisotopic (exact) mass is 206 g/mol. The molecule has 2 unspecified atom stereocenters. The first kappa shape index (κ1) is 11.5. The van der Waals surface area contributed by atoms with Crippen molar-refractivity contribution >= 4 is 5.97 Å². The Kier molecular flexibility index (Phi) is 4.06. The van der Waals surface area contributed by atoms with Crippen molar-refractivity contribution in [1.29, 1.82) is 0 Å². The van der Waals surface area contributed by atoms with Gasteiger partial charge in [0.05, 0.1) is 6.10 Å². The second-order valence-corrected chi connectivity index (χ2v) is 3.24. The molecule has 0 aliphatic rings. The fourth-order valence-electron chi connectivity index (χ4n) is 1.45. The molecule has 3 heteroatoms. The molecule has 0 fully saturated rings. The Bertz CT molecular complexity index is 343. The van der Waals surface area contributed by atoms with E-state index >= 15 is 0 Å². The number of allylic oxidation sites excluding steroid dienone is 1. The van der Waals surface area contributed by atoms with Crippen LogP contribution >= 0.6 is 0 Å². The molecule has 1 aromatic rings. The van der Waals surface area contributed by atoms with Gasteiger partial charge in [-0.15, -0.1) is 0 Å². The summed E-state index contributed by atoms with van der Waals surface area (Å²) in [5.41, 5.74) is 0.607. The molecule has 0 amide bonds. The minimum absolute atomic E-state index is 0.607.